The fraction of sp³-hybridized carbons (Fsp3) is 0.200. The van der Waals surface area contributed by atoms with Crippen LogP contribution in [0.4, 0.5) is 0 Å². The van der Waals surface area contributed by atoms with Crippen molar-refractivity contribution < 1.29 is 19.1 Å². The second-order valence-electron chi connectivity index (χ2n) is 5.17. The molecule has 0 amide bonds. The molecule has 2 aromatic carbocycles. The number of carbonyl (C=O) groups is 2. The van der Waals surface area contributed by atoms with Gasteiger partial charge in [0.2, 0.25) is 0 Å². The molecule has 0 fully saturated rings. The minimum Gasteiger partial charge on any atom is -0.423 e. The summed E-state index contributed by atoms with van der Waals surface area (Å²) in [5.41, 5.74) is 2.31. The first-order valence-corrected chi connectivity index (χ1v) is 7.90. The zero-order valence-corrected chi connectivity index (χ0v) is 13.8. The molecule has 0 radical (unpaired) electrons. The molecular weight excluding hydrogens is 304 g/mol. The number of hydrogen-bond donors (Lipinski definition) is 0. The smallest absolute Gasteiger partial charge is 0.336 e. The molecule has 0 bridgehead atoms. The van der Waals surface area contributed by atoms with Crippen LogP contribution in [-0.2, 0) is 22.4 Å². The molecule has 0 saturated carbocycles. The number of aryl methyl sites for hydroxylation is 2. The molecule has 2 rings (SSSR count). The van der Waals surface area contributed by atoms with Crippen LogP contribution in [0.1, 0.15) is 25.0 Å². The van der Waals surface area contributed by atoms with Gasteiger partial charge in [0.25, 0.3) is 0 Å². The van der Waals surface area contributed by atoms with E-state index in [0.717, 1.165) is 36.1 Å². The Balaban J connectivity index is 1.86. The summed E-state index contributed by atoms with van der Waals surface area (Å²) < 4.78 is 10.2. The Labute approximate surface area is 141 Å². The zero-order valence-electron chi connectivity index (χ0n) is 13.8. The molecule has 124 valence electrons. The van der Waals surface area contributed by atoms with Crippen molar-refractivity contribution in [3.63, 3.8) is 0 Å². The average molecular weight is 324 g/mol. The van der Waals surface area contributed by atoms with Crippen LogP contribution in [0.15, 0.2) is 60.7 Å². The predicted molar refractivity (Wildman–Crippen MR) is 92.1 cm³/mol. The highest BCUT2D eigenvalue weighted by atomic mass is 16.5. The Kier molecular flexibility index (Phi) is 6.32. The van der Waals surface area contributed by atoms with Crippen LogP contribution in [0.3, 0.4) is 0 Å². The summed E-state index contributed by atoms with van der Waals surface area (Å²) in [4.78, 5) is 23.4. The van der Waals surface area contributed by atoms with Crippen LogP contribution in [0.5, 0.6) is 11.5 Å². The molecular formula is C20H20O4. The van der Waals surface area contributed by atoms with Gasteiger partial charge in [-0.15, -0.1) is 0 Å². The van der Waals surface area contributed by atoms with E-state index >= 15 is 0 Å². The van der Waals surface area contributed by atoms with Crippen molar-refractivity contribution in [1.82, 2.24) is 0 Å². The molecule has 0 heterocycles. The highest BCUT2D eigenvalue weighted by Crippen LogP contribution is 2.14. The second-order valence-corrected chi connectivity index (χ2v) is 5.17. The number of rotatable bonds is 6. The highest BCUT2D eigenvalue weighted by molar-refractivity contribution is 5.93. The molecule has 0 unspecified atom stereocenters. The van der Waals surface area contributed by atoms with Gasteiger partial charge >= 0.3 is 11.9 Å². The molecule has 2 aromatic rings. The first kappa shape index (κ1) is 17.5. The first-order valence-electron chi connectivity index (χ1n) is 7.90. The van der Waals surface area contributed by atoms with E-state index in [4.69, 9.17) is 9.47 Å². The monoisotopic (exact) mass is 324 g/mol. The molecule has 0 aliphatic rings. The van der Waals surface area contributed by atoms with Crippen molar-refractivity contribution in [2.75, 3.05) is 0 Å². The van der Waals surface area contributed by atoms with Crippen molar-refractivity contribution in [3.05, 3.63) is 71.8 Å². The number of carbonyl (C=O) groups excluding carboxylic acids is 2. The van der Waals surface area contributed by atoms with E-state index in [0.29, 0.717) is 11.5 Å². The molecule has 0 spiro atoms. The Hall–Kier alpha value is -2.88. The van der Waals surface area contributed by atoms with Gasteiger partial charge in [0, 0.05) is 12.2 Å². The Morgan fingerprint density at radius 2 is 1.04 bits per heavy atom. The van der Waals surface area contributed by atoms with Crippen LogP contribution >= 0.6 is 0 Å². The van der Waals surface area contributed by atoms with Crippen LogP contribution < -0.4 is 9.47 Å². The van der Waals surface area contributed by atoms with Crippen LogP contribution in [0, 0.1) is 0 Å². The summed E-state index contributed by atoms with van der Waals surface area (Å²) in [5, 5.41) is 0. The lowest BCUT2D eigenvalue weighted by Crippen LogP contribution is -2.08. The standard InChI is InChI=1S/C20H20O4/c1-3-15-5-9-17(10-6-15)23-19(21)13-14-20(22)24-18-11-7-16(4-2)8-12-18/h5-14H,3-4H2,1-2H3. The maximum Gasteiger partial charge on any atom is 0.336 e. The quantitative estimate of drug-likeness (QED) is 0.460. The molecule has 4 nitrogen and oxygen atoms in total. The molecule has 0 aliphatic carbocycles. The van der Waals surface area contributed by atoms with E-state index in [9.17, 15) is 9.59 Å². The van der Waals surface area contributed by atoms with Gasteiger partial charge in [0.1, 0.15) is 11.5 Å². The third-order valence-electron chi connectivity index (χ3n) is 3.46. The van der Waals surface area contributed by atoms with Crippen molar-refractivity contribution in [3.8, 4) is 11.5 Å². The number of hydrogen-bond acceptors (Lipinski definition) is 4. The lowest BCUT2D eigenvalue weighted by Gasteiger charge is -2.03. The van der Waals surface area contributed by atoms with E-state index in [1.807, 2.05) is 38.1 Å². The molecule has 0 saturated heterocycles. The van der Waals surface area contributed by atoms with Crippen molar-refractivity contribution >= 4 is 11.9 Å². The second kappa shape index (κ2) is 8.67. The summed E-state index contributed by atoms with van der Waals surface area (Å²) in [6.45, 7) is 4.09. The van der Waals surface area contributed by atoms with Crippen molar-refractivity contribution in [2.24, 2.45) is 0 Å². The number of ether oxygens (including phenoxy) is 2. The molecule has 4 heteroatoms. The zero-order chi connectivity index (χ0) is 17.4. The van der Waals surface area contributed by atoms with Gasteiger partial charge in [-0.3, -0.25) is 0 Å². The van der Waals surface area contributed by atoms with E-state index in [-0.39, 0.29) is 0 Å². The fourth-order valence-corrected chi connectivity index (χ4v) is 2.02. The number of benzene rings is 2. The molecule has 0 aromatic heterocycles. The maximum absolute atomic E-state index is 11.7. The lowest BCUT2D eigenvalue weighted by molar-refractivity contribution is -0.131. The van der Waals surface area contributed by atoms with Gasteiger partial charge in [-0.2, -0.15) is 0 Å². The average Bonchev–Trinajstić information content (AvgIpc) is 2.61. The minimum atomic E-state index is -0.627. The van der Waals surface area contributed by atoms with Gasteiger partial charge in [-0.1, -0.05) is 38.1 Å². The van der Waals surface area contributed by atoms with Crippen LogP contribution in [0.25, 0.3) is 0 Å². The van der Waals surface area contributed by atoms with Gasteiger partial charge in [-0.25, -0.2) is 9.59 Å². The molecule has 24 heavy (non-hydrogen) atoms. The van der Waals surface area contributed by atoms with E-state index < -0.39 is 11.9 Å². The highest BCUT2D eigenvalue weighted by Gasteiger charge is 2.04. The Bertz CT molecular complexity index is 649. The molecule has 0 N–H and O–H groups in total. The summed E-state index contributed by atoms with van der Waals surface area (Å²) in [6.07, 6.45) is 3.94. The van der Waals surface area contributed by atoms with E-state index in [1.165, 1.54) is 0 Å². The van der Waals surface area contributed by atoms with Gasteiger partial charge < -0.3 is 9.47 Å². The predicted octanol–water partition coefficient (Wildman–Crippen LogP) is 3.88. The Morgan fingerprint density at radius 3 is 1.33 bits per heavy atom. The molecule has 0 atom stereocenters. The SMILES string of the molecule is CCc1ccc(OC(=O)C=CC(=O)Oc2ccc(CC)cc2)cc1. The summed E-state index contributed by atoms with van der Waals surface area (Å²) in [5.74, 6) is -0.384. The fourth-order valence-electron chi connectivity index (χ4n) is 2.02. The largest absolute Gasteiger partial charge is 0.423 e. The van der Waals surface area contributed by atoms with Crippen LogP contribution in [0.2, 0.25) is 0 Å². The summed E-state index contributed by atoms with van der Waals surface area (Å²) in [7, 11) is 0. The summed E-state index contributed by atoms with van der Waals surface area (Å²) in [6, 6.07) is 14.4. The van der Waals surface area contributed by atoms with Gasteiger partial charge in [-0.05, 0) is 48.2 Å². The van der Waals surface area contributed by atoms with Gasteiger partial charge in [0.15, 0.2) is 0 Å². The topological polar surface area (TPSA) is 52.6 Å². The van der Waals surface area contributed by atoms with Crippen molar-refractivity contribution in [2.45, 2.75) is 26.7 Å². The summed E-state index contributed by atoms with van der Waals surface area (Å²) >= 11 is 0. The first-order chi connectivity index (χ1) is 11.6. The number of esters is 2. The van der Waals surface area contributed by atoms with Crippen LogP contribution in [-0.4, -0.2) is 11.9 Å². The van der Waals surface area contributed by atoms with E-state index in [2.05, 4.69) is 0 Å². The van der Waals surface area contributed by atoms with Crippen molar-refractivity contribution in [1.29, 1.82) is 0 Å². The van der Waals surface area contributed by atoms with E-state index in [1.54, 1.807) is 24.3 Å². The normalized spacial score (nSPS) is 10.6. The third kappa shape index (κ3) is 5.39. The third-order valence-corrected chi connectivity index (χ3v) is 3.46. The Morgan fingerprint density at radius 1 is 0.708 bits per heavy atom. The molecule has 0 aliphatic heterocycles. The van der Waals surface area contributed by atoms with Gasteiger partial charge in [0.05, 0.1) is 0 Å². The lowest BCUT2D eigenvalue weighted by atomic mass is 10.2. The maximum atomic E-state index is 11.7. The minimum absolute atomic E-state index is 0.436.